The van der Waals surface area contributed by atoms with Crippen LogP contribution in [0.3, 0.4) is 0 Å². The van der Waals surface area contributed by atoms with E-state index in [0.29, 0.717) is 12.5 Å². The average molecular weight is 372 g/mol. The van der Waals surface area contributed by atoms with Crippen LogP contribution in [0.2, 0.25) is 0 Å². The highest BCUT2D eigenvalue weighted by Crippen LogP contribution is 2.20. The van der Waals surface area contributed by atoms with Crippen molar-refractivity contribution in [2.75, 3.05) is 6.54 Å². The Labute approximate surface area is 156 Å². The van der Waals surface area contributed by atoms with Gasteiger partial charge in [-0.2, -0.15) is 0 Å². The number of aromatic nitrogens is 1. The van der Waals surface area contributed by atoms with Crippen LogP contribution in [-0.4, -0.2) is 39.1 Å². The zero-order chi connectivity index (χ0) is 18.5. The van der Waals surface area contributed by atoms with Gasteiger partial charge in [0.15, 0.2) is 0 Å². The molecular formula is C18H30ClN3O3. The largest absolute Gasteiger partial charge is 0.465 e. The van der Waals surface area contributed by atoms with Crippen LogP contribution >= 0.6 is 12.4 Å². The zero-order valence-electron chi connectivity index (χ0n) is 15.9. The summed E-state index contributed by atoms with van der Waals surface area (Å²) in [6.07, 6.45) is -0.261. The van der Waals surface area contributed by atoms with Crippen molar-refractivity contribution < 1.29 is 14.7 Å². The SMILES string of the molecule is Cc1cc(CN(C(=O)O)C(C)(C)C(=O)NCCC(C)C)cc(C)n1.Cl. The summed E-state index contributed by atoms with van der Waals surface area (Å²) in [5.74, 6) is 0.194. The van der Waals surface area contributed by atoms with Gasteiger partial charge in [0.2, 0.25) is 5.91 Å². The summed E-state index contributed by atoms with van der Waals surface area (Å²) >= 11 is 0. The molecule has 0 atom stereocenters. The van der Waals surface area contributed by atoms with Gasteiger partial charge < -0.3 is 10.4 Å². The monoisotopic (exact) mass is 371 g/mol. The Morgan fingerprint density at radius 3 is 2.20 bits per heavy atom. The van der Waals surface area contributed by atoms with Crippen LogP contribution in [-0.2, 0) is 11.3 Å². The number of carbonyl (C=O) groups excluding carboxylic acids is 1. The zero-order valence-corrected chi connectivity index (χ0v) is 16.7. The standard InChI is InChI=1S/C18H29N3O3.ClH/c1-12(2)7-8-19-16(22)18(5,6)21(17(23)24)11-15-9-13(3)20-14(4)10-15;/h9-10,12H,7-8,11H2,1-6H3,(H,19,22)(H,23,24);1H. The predicted octanol–water partition coefficient (Wildman–Crippen LogP) is 3.54. The fourth-order valence-corrected chi connectivity index (χ4v) is 2.51. The maximum Gasteiger partial charge on any atom is 0.408 e. The molecule has 0 aliphatic carbocycles. The van der Waals surface area contributed by atoms with E-state index in [0.717, 1.165) is 23.4 Å². The van der Waals surface area contributed by atoms with Crippen LogP contribution in [0.25, 0.3) is 0 Å². The minimum Gasteiger partial charge on any atom is -0.465 e. The van der Waals surface area contributed by atoms with Crippen molar-refractivity contribution in [3.63, 3.8) is 0 Å². The smallest absolute Gasteiger partial charge is 0.408 e. The minimum atomic E-state index is -1.16. The Balaban J connectivity index is 0.00000576. The Morgan fingerprint density at radius 1 is 1.24 bits per heavy atom. The number of aryl methyl sites for hydroxylation is 2. The fourth-order valence-electron chi connectivity index (χ4n) is 2.51. The fraction of sp³-hybridized carbons (Fsp3) is 0.611. The number of carbonyl (C=O) groups is 2. The Morgan fingerprint density at radius 2 is 1.76 bits per heavy atom. The molecule has 1 rings (SSSR count). The summed E-state index contributed by atoms with van der Waals surface area (Å²) in [5, 5.41) is 12.4. The number of nitrogens with one attached hydrogen (secondary N) is 1. The molecule has 0 aliphatic heterocycles. The number of pyridine rings is 1. The third-order valence-corrected chi connectivity index (χ3v) is 3.95. The maximum atomic E-state index is 12.5. The molecule has 1 heterocycles. The quantitative estimate of drug-likeness (QED) is 0.767. The average Bonchev–Trinajstić information content (AvgIpc) is 2.42. The van der Waals surface area contributed by atoms with Gasteiger partial charge in [-0.3, -0.25) is 14.7 Å². The molecule has 2 N–H and O–H groups in total. The molecule has 0 aliphatic rings. The summed E-state index contributed by atoms with van der Waals surface area (Å²) in [6, 6.07) is 3.69. The van der Waals surface area contributed by atoms with Crippen molar-refractivity contribution in [2.45, 2.75) is 60.0 Å². The van der Waals surface area contributed by atoms with E-state index in [9.17, 15) is 14.7 Å². The Hall–Kier alpha value is -1.82. The number of hydrogen-bond donors (Lipinski definition) is 2. The van der Waals surface area contributed by atoms with Gasteiger partial charge in [-0.15, -0.1) is 12.4 Å². The highest BCUT2D eigenvalue weighted by atomic mass is 35.5. The molecule has 0 saturated carbocycles. The summed E-state index contributed by atoms with van der Waals surface area (Å²) in [4.78, 5) is 29.7. The summed E-state index contributed by atoms with van der Waals surface area (Å²) in [6.45, 7) is 11.8. The van der Waals surface area contributed by atoms with Crippen LogP contribution in [0.5, 0.6) is 0 Å². The third kappa shape index (κ3) is 6.90. The molecule has 0 radical (unpaired) electrons. The number of halogens is 1. The topological polar surface area (TPSA) is 82.5 Å². The molecule has 6 nitrogen and oxygen atoms in total. The molecule has 2 amide bonds. The molecule has 0 saturated heterocycles. The second-order valence-corrected chi connectivity index (χ2v) is 7.12. The van der Waals surface area contributed by atoms with Crippen molar-refractivity contribution in [3.8, 4) is 0 Å². The molecule has 142 valence electrons. The number of carboxylic acid groups (broad SMARTS) is 1. The second-order valence-electron chi connectivity index (χ2n) is 7.12. The molecule has 1 aromatic rings. The second kappa shape index (κ2) is 9.61. The van der Waals surface area contributed by atoms with E-state index in [-0.39, 0.29) is 24.9 Å². The van der Waals surface area contributed by atoms with Crippen molar-refractivity contribution in [3.05, 3.63) is 29.1 Å². The van der Waals surface area contributed by atoms with E-state index in [2.05, 4.69) is 24.1 Å². The van der Waals surface area contributed by atoms with Crippen LogP contribution in [0, 0.1) is 19.8 Å². The molecule has 7 heteroatoms. The van der Waals surface area contributed by atoms with Gasteiger partial charge in [0.05, 0.1) is 6.54 Å². The maximum absolute atomic E-state index is 12.5. The third-order valence-electron chi connectivity index (χ3n) is 3.95. The Kier molecular flexibility index (Phi) is 8.91. The van der Waals surface area contributed by atoms with Crippen LogP contribution < -0.4 is 5.32 Å². The van der Waals surface area contributed by atoms with Crippen molar-refractivity contribution >= 4 is 24.4 Å². The predicted molar refractivity (Wildman–Crippen MR) is 101 cm³/mol. The number of rotatable bonds is 7. The van der Waals surface area contributed by atoms with E-state index in [1.165, 1.54) is 4.90 Å². The molecule has 0 spiro atoms. The van der Waals surface area contributed by atoms with E-state index in [1.807, 2.05) is 26.0 Å². The molecular weight excluding hydrogens is 342 g/mol. The minimum absolute atomic E-state index is 0. The number of hydrogen-bond acceptors (Lipinski definition) is 3. The first kappa shape index (κ1) is 23.2. The highest BCUT2D eigenvalue weighted by molar-refractivity contribution is 5.88. The summed E-state index contributed by atoms with van der Waals surface area (Å²) < 4.78 is 0. The Bertz CT molecular complexity index is 583. The van der Waals surface area contributed by atoms with Crippen molar-refractivity contribution in [1.82, 2.24) is 15.2 Å². The van der Waals surface area contributed by atoms with E-state index < -0.39 is 11.6 Å². The highest BCUT2D eigenvalue weighted by Gasteiger charge is 2.37. The number of nitrogens with zero attached hydrogens (tertiary/aromatic N) is 2. The van der Waals surface area contributed by atoms with Gasteiger partial charge in [0.1, 0.15) is 5.54 Å². The lowest BCUT2D eigenvalue weighted by atomic mass is 10.00. The molecule has 0 fully saturated rings. The lowest BCUT2D eigenvalue weighted by molar-refractivity contribution is -0.131. The van der Waals surface area contributed by atoms with E-state index in [4.69, 9.17) is 0 Å². The first-order valence-electron chi connectivity index (χ1n) is 8.27. The molecule has 1 aromatic heterocycles. The van der Waals surface area contributed by atoms with Crippen LogP contribution in [0.4, 0.5) is 4.79 Å². The number of amides is 2. The van der Waals surface area contributed by atoms with E-state index >= 15 is 0 Å². The summed E-state index contributed by atoms with van der Waals surface area (Å²) in [7, 11) is 0. The first-order chi connectivity index (χ1) is 11.0. The van der Waals surface area contributed by atoms with Gasteiger partial charge in [0.25, 0.3) is 0 Å². The first-order valence-corrected chi connectivity index (χ1v) is 8.27. The van der Waals surface area contributed by atoms with Crippen molar-refractivity contribution in [2.24, 2.45) is 5.92 Å². The van der Waals surface area contributed by atoms with Gasteiger partial charge in [-0.05, 0) is 57.7 Å². The van der Waals surface area contributed by atoms with Gasteiger partial charge in [-0.1, -0.05) is 13.8 Å². The van der Waals surface area contributed by atoms with Crippen LogP contribution in [0.15, 0.2) is 12.1 Å². The van der Waals surface area contributed by atoms with Gasteiger partial charge >= 0.3 is 6.09 Å². The normalized spacial score (nSPS) is 11.0. The summed E-state index contributed by atoms with van der Waals surface area (Å²) in [5.41, 5.74) is 1.32. The molecule has 0 unspecified atom stereocenters. The lowest BCUT2D eigenvalue weighted by Gasteiger charge is -2.35. The molecule has 0 aromatic carbocycles. The molecule has 0 bridgehead atoms. The van der Waals surface area contributed by atoms with Gasteiger partial charge in [-0.25, -0.2) is 4.79 Å². The van der Waals surface area contributed by atoms with E-state index in [1.54, 1.807) is 13.8 Å². The van der Waals surface area contributed by atoms with Crippen LogP contribution in [0.1, 0.15) is 51.1 Å². The molecule has 25 heavy (non-hydrogen) atoms. The lowest BCUT2D eigenvalue weighted by Crippen LogP contribution is -2.56. The van der Waals surface area contributed by atoms with Gasteiger partial charge in [0, 0.05) is 17.9 Å². The van der Waals surface area contributed by atoms with Crippen molar-refractivity contribution in [1.29, 1.82) is 0 Å².